The molecule has 2 aliphatic carbocycles. The third-order valence-electron chi connectivity index (χ3n) is 5.71. The fourth-order valence-electron chi connectivity index (χ4n) is 4.37. The van der Waals surface area contributed by atoms with Crippen LogP contribution in [-0.4, -0.2) is 21.4 Å². The van der Waals surface area contributed by atoms with Crippen LogP contribution in [0.2, 0.25) is 0 Å². The molecule has 132 valence electrons. The second-order valence-corrected chi connectivity index (χ2v) is 7.73. The van der Waals surface area contributed by atoms with E-state index in [1.807, 2.05) is 31.2 Å². The Morgan fingerprint density at radius 3 is 2.81 bits per heavy atom. The van der Waals surface area contributed by atoms with Gasteiger partial charge in [-0.05, 0) is 75.1 Å². The van der Waals surface area contributed by atoms with Gasteiger partial charge < -0.3 is 5.32 Å². The van der Waals surface area contributed by atoms with Crippen molar-refractivity contribution in [3.05, 3.63) is 59.7 Å². The van der Waals surface area contributed by atoms with Crippen LogP contribution < -0.4 is 5.32 Å². The van der Waals surface area contributed by atoms with Crippen molar-refractivity contribution in [2.45, 2.75) is 51.0 Å². The second kappa shape index (κ2) is 6.57. The topological polar surface area (TPSA) is 54.9 Å². The normalized spacial score (nSPS) is 26.7. The van der Waals surface area contributed by atoms with E-state index in [-0.39, 0.29) is 16.9 Å². The molecule has 2 saturated carbocycles. The number of amides is 1. The molecule has 0 unspecified atom stereocenters. The van der Waals surface area contributed by atoms with Crippen LogP contribution in [-0.2, 0) is 0 Å². The lowest BCUT2D eigenvalue weighted by Gasteiger charge is -2.37. The van der Waals surface area contributed by atoms with Gasteiger partial charge in [0, 0.05) is 23.3 Å². The molecule has 2 heterocycles. The van der Waals surface area contributed by atoms with Crippen LogP contribution in [0.4, 0.5) is 0 Å². The summed E-state index contributed by atoms with van der Waals surface area (Å²) in [4.78, 5) is 21.2. The summed E-state index contributed by atoms with van der Waals surface area (Å²) >= 11 is 0. The molecule has 26 heavy (non-hydrogen) atoms. The van der Waals surface area contributed by atoms with E-state index in [0.29, 0.717) is 5.69 Å². The van der Waals surface area contributed by atoms with Crippen LogP contribution in [0.25, 0.3) is 0 Å². The molecule has 2 aromatic heterocycles. The molecule has 2 aromatic rings. The van der Waals surface area contributed by atoms with Crippen LogP contribution in [0, 0.1) is 24.2 Å². The number of hydrogen-bond donors (Lipinski definition) is 1. The molecule has 4 rings (SSSR count). The largest absolute Gasteiger partial charge is 0.345 e. The van der Waals surface area contributed by atoms with E-state index < -0.39 is 0 Å². The van der Waals surface area contributed by atoms with E-state index in [4.69, 9.17) is 0 Å². The molecule has 4 nitrogen and oxygen atoms in total. The lowest BCUT2D eigenvalue weighted by Crippen LogP contribution is -2.49. The summed E-state index contributed by atoms with van der Waals surface area (Å²) in [6.45, 7) is 1.97. The molecule has 2 bridgehead atoms. The third kappa shape index (κ3) is 3.35. The Morgan fingerprint density at radius 1 is 1.12 bits per heavy atom. The van der Waals surface area contributed by atoms with E-state index in [9.17, 15) is 4.79 Å². The van der Waals surface area contributed by atoms with Crippen molar-refractivity contribution in [3.8, 4) is 11.8 Å². The molecule has 0 aliphatic heterocycles. The third-order valence-corrected chi connectivity index (χ3v) is 5.71. The highest BCUT2D eigenvalue weighted by Crippen LogP contribution is 2.53. The van der Waals surface area contributed by atoms with Crippen molar-refractivity contribution >= 4 is 5.91 Å². The smallest absolute Gasteiger partial charge is 0.270 e. The number of nitrogens with zero attached hydrogens (tertiary/aromatic N) is 2. The maximum Gasteiger partial charge on any atom is 0.270 e. The fourth-order valence-corrected chi connectivity index (χ4v) is 4.37. The number of rotatable bonds is 2. The molecule has 0 saturated heterocycles. The number of carbonyl (C=O) groups is 1. The number of aryl methyl sites for hydroxylation is 1. The average Bonchev–Trinajstić information content (AvgIpc) is 2.92. The predicted molar refractivity (Wildman–Crippen MR) is 100 cm³/mol. The SMILES string of the molecule is Cc1ccc(C(=O)N[C@]23CCC[C@](C#Cc4ccccn4)(CC2)C3)nc1. The van der Waals surface area contributed by atoms with Crippen molar-refractivity contribution in [2.24, 2.45) is 5.41 Å². The van der Waals surface area contributed by atoms with E-state index in [2.05, 4.69) is 27.1 Å². The number of hydrogen-bond acceptors (Lipinski definition) is 3. The number of fused-ring (bicyclic) bond motifs is 2. The lowest BCUT2D eigenvalue weighted by atomic mass is 9.73. The zero-order chi connectivity index (χ0) is 18.0. The highest BCUT2D eigenvalue weighted by atomic mass is 16.2. The molecular weight excluding hydrogens is 322 g/mol. The van der Waals surface area contributed by atoms with Gasteiger partial charge in [-0.3, -0.25) is 9.78 Å². The Hall–Kier alpha value is -2.67. The summed E-state index contributed by atoms with van der Waals surface area (Å²) in [5, 5.41) is 3.30. The van der Waals surface area contributed by atoms with Gasteiger partial charge in [-0.15, -0.1) is 0 Å². The van der Waals surface area contributed by atoms with Crippen LogP contribution in [0.1, 0.15) is 60.3 Å². The molecule has 1 amide bonds. The van der Waals surface area contributed by atoms with E-state index in [1.54, 1.807) is 18.5 Å². The van der Waals surface area contributed by atoms with Gasteiger partial charge in [0.05, 0.1) is 0 Å². The van der Waals surface area contributed by atoms with Crippen LogP contribution >= 0.6 is 0 Å². The molecule has 0 aromatic carbocycles. The van der Waals surface area contributed by atoms with Gasteiger partial charge in [0.1, 0.15) is 11.4 Å². The van der Waals surface area contributed by atoms with Crippen LogP contribution in [0.3, 0.4) is 0 Å². The second-order valence-electron chi connectivity index (χ2n) is 7.73. The Balaban J connectivity index is 1.51. The minimum Gasteiger partial charge on any atom is -0.345 e. The lowest BCUT2D eigenvalue weighted by molar-refractivity contribution is 0.0866. The van der Waals surface area contributed by atoms with Gasteiger partial charge >= 0.3 is 0 Å². The highest BCUT2D eigenvalue weighted by molar-refractivity contribution is 5.92. The first-order valence-electron chi connectivity index (χ1n) is 9.28. The van der Waals surface area contributed by atoms with Crippen LogP contribution in [0.5, 0.6) is 0 Å². The van der Waals surface area contributed by atoms with Gasteiger partial charge in [0.15, 0.2) is 0 Å². The molecular formula is C22H23N3O. The van der Waals surface area contributed by atoms with Gasteiger partial charge in [0.25, 0.3) is 5.91 Å². The summed E-state index contributed by atoms with van der Waals surface area (Å²) in [6.07, 6.45) is 9.69. The Morgan fingerprint density at radius 2 is 2.04 bits per heavy atom. The van der Waals surface area contributed by atoms with Gasteiger partial charge in [-0.1, -0.05) is 18.1 Å². The maximum absolute atomic E-state index is 12.7. The standard InChI is InChI=1S/C22H23N3O/c1-17-6-7-19(24-15-17)20(26)25-22-10-4-9-21(16-22,12-13-22)11-8-18-5-2-3-14-23-18/h2-3,5-7,14-15H,4,9-10,12-13,16H2,1H3,(H,25,26)/t21-,22+/m0/s1. The van der Waals surface area contributed by atoms with E-state index in [0.717, 1.165) is 49.8 Å². The summed E-state index contributed by atoms with van der Waals surface area (Å²) in [5.41, 5.74) is 2.23. The van der Waals surface area contributed by atoms with E-state index in [1.165, 1.54) is 0 Å². The van der Waals surface area contributed by atoms with Gasteiger partial charge in [-0.2, -0.15) is 0 Å². The first-order valence-corrected chi connectivity index (χ1v) is 9.28. The summed E-state index contributed by atoms with van der Waals surface area (Å²) in [7, 11) is 0. The summed E-state index contributed by atoms with van der Waals surface area (Å²) in [5.74, 6) is 6.69. The predicted octanol–water partition coefficient (Wildman–Crippen LogP) is 3.66. The van der Waals surface area contributed by atoms with Crippen molar-refractivity contribution in [1.29, 1.82) is 0 Å². The molecule has 2 fully saturated rings. The van der Waals surface area contributed by atoms with Crippen molar-refractivity contribution < 1.29 is 4.79 Å². The minimum absolute atomic E-state index is 0.00373. The first kappa shape index (κ1) is 16.8. The minimum atomic E-state index is -0.138. The van der Waals surface area contributed by atoms with Crippen molar-refractivity contribution in [2.75, 3.05) is 0 Å². The number of aromatic nitrogens is 2. The molecule has 1 N–H and O–H groups in total. The van der Waals surface area contributed by atoms with Crippen molar-refractivity contribution in [1.82, 2.24) is 15.3 Å². The van der Waals surface area contributed by atoms with Gasteiger partial charge in [-0.25, -0.2) is 4.98 Å². The van der Waals surface area contributed by atoms with Crippen LogP contribution in [0.15, 0.2) is 42.7 Å². The highest BCUT2D eigenvalue weighted by Gasteiger charge is 2.51. The summed E-state index contributed by atoms with van der Waals surface area (Å²) in [6, 6.07) is 9.53. The van der Waals surface area contributed by atoms with Gasteiger partial charge in [0.2, 0.25) is 0 Å². The molecule has 4 heteroatoms. The molecule has 0 spiro atoms. The Bertz CT molecular complexity index is 866. The van der Waals surface area contributed by atoms with Crippen molar-refractivity contribution in [3.63, 3.8) is 0 Å². The Kier molecular flexibility index (Phi) is 4.24. The number of pyridine rings is 2. The molecule has 2 aliphatic rings. The fraction of sp³-hybridized carbons (Fsp3) is 0.409. The zero-order valence-corrected chi connectivity index (χ0v) is 15.1. The monoisotopic (exact) mass is 345 g/mol. The summed E-state index contributed by atoms with van der Waals surface area (Å²) < 4.78 is 0. The number of nitrogens with one attached hydrogen (secondary N) is 1. The number of carbonyl (C=O) groups excluding carboxylic acids is 1. The molecule has 0 radical (unpaired) electrons. The Labute approximate surface area is 154 Å². The zero-order valence-electron chi connectivity index (χ0n) is 15.1. The maximum atomic E-state index is 12.7. The van der Waals surface area contributed by atoms with E-state index >= 15 is 0 Å². The first-order chi connectivity index (χ1) is 12.6. The average molecular weight is 345 g/mol. The molecule has 2 atom stereocenters. The quantitative estimate of drug-likeness (QED) is 0.845.